The van der Waals surface area contributed by atoms with Crippen LogP contribution in [-0.2, 0) is 13.0 Å². The number of para-hydroxylation sites is 1. The quantitative estimate of drug-likeness (QED) is 0.533. The molecule has 4 rings (SSSR count). The third kappa shape index (κ3) is 5.18. The zero-order chi connectivity index (χ0) is 22.5. The molecule has 32 heavy (non-hydrogen) atoms. The number of benzene rings is 1. The number of nitrogen functional groups attached to an aromatic ring is 1. The normalized spacial score (nSPS) is 19.4. The second-order valence-corrected chi connectivity index (χ2v) is 9.20. The molecule has 0 bridgehead atoms. The SMILES string of the molecule is C[C@@H]1CCC[C@H](C)N1CCCCCn1c(=O)c(Cc2ccnc(N)n2)cc2ccccc21. The van der Waals surface area contributed by atoms with Gasteiger partial charge in [-0.1, -0.05) is 31.0 Å². The monoisotopic (exact) mass is 433 g/mol. The molecule has 1 aromatic carbocycles. The zero-order valence-electron chi connectivity index (χ0n) is 19.3. The second kappa shape index (κ2) is 10.3. The lowest BCUT2D eigenvalue weighted by atomic mass is 9.97. The Hall–Kier alpha value is -2.73. The van der Waals surface area contributed by atoms with Crippen molar-refractivity contribution >= 4 is 16.9 Å². The number of hydrogen-bond acceptors (Lipinski definition) is 5. The number of rotatable bonds is 8. The van der Waals surface area contributed by atoms with Crippen molar-refractivity contribution in [2.45, 2.75) is 77.4 Å². The maximum atomic E-state index is 13.3. The summed E-state index contributed by atoms with van der Waals surface area (Å²) in [6.45, 7) is 6.62. The van der Waals surface area contributed by atoms with Crippen molar-refractivity contribution in [3.05, 3.63) is 64.2 Å². The summed E-state index contributed by atoms with van der Waals surface area (Å²) < 4.78 is 1.95. The van der Waals surface area contributed by atoms with Gasteiger partial charge in [-0.3, -0.25) is 9.69 Å². The molecule has 170 valence electrons. The molecular formula is C26H35N5O. The van der Waals surface area contributed by atoms with Gasteiger partial charge in [0.15, 0.2) is 0 Å². The Kier molecular flexibility index (Phi) is 7.20. The van der Waals surface area contributed by atoms with Crippen LogP contribution in [0.1, 0.15) is 63.6 Å². The van der Waals surface area contributed by atoms with E-state index < -0.39 is 0 Å². The number of fused-ring (bicyclic) bond motifs is 1. The molecular weight excluding hydrogens is 398 g/mol. The number of nitrogens with two attached hydrogens (primary N) is 1. The minimum absolute atomic E-state index is 0.0687. The molecule has 2 N–H and O–H groups in total. The first-order chi connectivity index (χ1) is 15.5. The predicted octanol–water partition coefficient (Wildman–Crippen LogP) is 4.40. The molecule has 3 aromatic rings. The van der Waals surface area contributed by atoms with E-state index >= 15 is 0 Å². The van der Waals surface area contributed by atoms with Crippen LogP contribution in [0.15, 0.2) is 47.4 Å². The molecule has 0 unspecified atom stereocenters. The fourth-order valence-electron chi connectivity index (χ4n) is 5.10. The number of hydrogen-bond donors (Lipinski definition) is 1. The molecule has 0 spiro atoms. The lowest BCUT2D eigenvalue weighted by Crippen LogP contribution is -2.44. The van der Waals surface area contributed by atoms with Crippen molar-refractivity contribution in [2.75, 3.05) is 12.3 Å². The summed E-state index contributed by atoms with van der Waals surface area (Å²) in [4.78, 5) is 24.2. The van der Waals surface area contributed by atoms with Gasteiger partial charge in [-0.25, -0.2) is 9.97 Å². The zero-order valence-corrected chi connectivity index (χ0v) is 19.3. The average Bonchev–Trinajstić information content (AvgIpc) is 2.77. The van der Waals surface area contributed by atoms with Crippen LogP contribution in [0, 0.1) is 0 Å². The van der Waals surface area contributed by atoms with Gasteiger partial charge in [0.05, 0.1) is 11.2 Å². The van der Waals surface area contributed by atoms with E-state index in [1.807, 2.05) is 34.9 Å². The van der Waals surface area contributed by atoms with E-state index in [0.717, 1.165) is 48.1 Å². The molecule has 1 aliphatic heterocycles. The topological polar surface area (TPSA) is 77.0 Å². The lowest BCUT2D eigenvalue weighted by Gasteiger charge is -2.39. The van der Waals surface area contributed by atoms with Gasteiger partial charge in [-0.2, -0.15) is 0 Å². The van der Waals surface area contributed by atoms with Crippen molar-refractivity contribution in [3.63, 3.8) is 0 Å². The van der Waals surface area contributed by atoms with Crippen LogP contribution < -0.4 is 11.3 Å². The molecule has 2 atom stereocenters. The summed E-state index contributed by atoms with van der Waals surface area (Å²) in [6.07, 6.45) is 9.40. The highest BCUT2D eigenvalue weighted by Crippen LogP contribution is 2.23. The van der Waals surface area contributed by atoms with E-state index in [2.05, 4.69) is 34.8 Å². The van der Waals surface area contributed by atoms with Crippen LogP contribution in [-0.4, -0.2) is 38.1 Å². The Morgan fingerprint density at radius 3 is 2.56 bits per heavy atom. The second-order valence-electron chi connectivity index (χ2n) is 9.20. The summed E-state index contributed by atoms with van der Waals surface area (Å²) in [7, 11) is 0. The minimum atomic E-state index is 0.0687. The number of likely N-dealkylation sites (tertiary alicyclic amines) is 1. The van der Waals surface area contributed by atoms with Crippen LogP contribution in [0.25, 0.3) is 10.9 Å². The molecule has 1 aliphatic rings. The lowest BCUT2D eigenvalue weighted by molar-refractivity contribution is 0.101. The first-order valence-corrected chi connectivity index (χ1v) is 12.0. The van der Waals surface area contributed by atoms with Crippen molar-refractivity contribution in [1.29, 1.82) is 0 Å². The summed E-state index contributed by atoms with van der Waals surface area (Å²) in [5, 5.41) is 1.08. The van der Waals surface area contributed by atoms with Crippen molar-refractivity contribution < 1.29 is 0 Å². The molecule has 6 heteroatoms. The van der Waals surface area contributed by atoms with Gasteiger partial charge in [0.25, 0.3) is 5.56 Å². The molecule has 0 radical (unpaired) electrons. The van der Waals surface area contributed by atoms with E-state index in [-0.39, 0.29) is 11.5 Å². The Morgan fingerprint density at radius 1 is 1.03 bits per heavy atom. The van der Waals surface area contributed by atoms with E-state index in [4.69, 9.17) is 5.73 Å². The third-order valence-corrected chi connectivity index (χ3v) is 6.85. The fraction of sp³-hybridized carbons (Fsp3) is 0.500. The molecule has 3 heterocycles. The summed E-state index contributed by atoms with van der Waals surface area (Å²) in [5.41, 5.74) is 8.31. The summed E-state index contributed by atoms with van der Waals surface area (Å²) in [5.74, 6) is 0.237. The number of piperidine rings is 1. The highest BCUT2D eigenvalue weighted by atomic mass is 16.1. The van der Waals surface area contributed by atoms with E-state index in [0.29, 0.717) is 18.5 Å². The van der Waals surface area contributed by atoms with Gasteiger partial charge < -0.3 is 10.3 Å². The van der Waals surface area contributed by atoms with Crippen LogP contribution >= 0.6 is 0 Å². The largest absolute Gasteiger partial charge is 0.368 e. The van der Waals surface area contributed by atoms with Crippen LogP contribution in [0.2, 0.25) is 0 Å². The Morgan fingerprint density at radius 2 is 1.78 bits per heavy atom. The number of aryl methyl sites for hydroxylation is 1. The molecule has 6 nitrogen and oxygen atoms in total. The Bertz CT molecular complexity index is 1100. The average molecular weight is 434 g/mol. The van der Waals surface area contributed by atoms with Crippen molar-refractivity contribution in [2.24, 2.45) is 0 Å². The molecule has 2 aromatic heterocycles. The number of unbranched alkanes of at least 4 members (excludes halogenated alkanes) is 2. The highest BCUT2D eigenvalue weighted by molar-refractivity contribution is 5.79. The standard InChI is InChI=1S/C26H35N5O/c1-19-9-8-10-20(2)30(19)15-6-3-7-16-31-24-12-5-4-11-21(24)17-22(25(31)32)18-23-13-14-28-26(27)29-23/h4-5,11-14,17,19-20H,3,6-10,15-16,18H2,1-2H3,(H2,27,28,29)/t19-,20+. The van der Waals surface area contributed by atoms with Gasteiger partial charge in [0, 0.05) is 36.8 Å². The number of pyridine rings is 1. The maximum Gasteiger partial charge on any atom is 0.254 e. The molecule has 0 amide bonds. The van der Waals surface area contributed by atoms with Crippen LogP contribution in [0.4, 0.5) is 5.95 Å². The predicted molar refractivity (Wildman–Crippen MR) is 131 cm³/mol. The van der Waals surface area contributed by atoms with E-state index in [9.17, 15) is 4.79 Å². The van der Waals surface area contributed by atoms with Crippen molar-refractivity contribution in [3.8, 4) is 0 Å². The van der Waals surface area contributed by atoms with E-state index in [1.165, 1.54) is 25.7 Å². The minimum Gasteiger partial charge on any atom is -0.368 e. The smallest absolute Gasteiger partial charge is 0.254 e. The first-order valence-electron chi connectivity index (χ1n) is 12.0. The van der Waals surface area contributed by atoms with Crippen LogP contribution in [0.3, 0.4) is 0 Å². The van der Waals surface area contributed by atoms with Gasteiger partial charge in [-0.15, -0.1) is 0 Å². The molecule has 1 fully saturated rings. The first kappa shape index (κ1) is 22.5. The van der Waals surface area contributed by atoms with Crippen LogP contribution in [0.5, 0.6) is 0 Å². The number of nitrogens with zero attached hydrogens (tertiary/aromatic N) is 4. The number of aromatic nitrogens is 3. The maximum absolute atomic E-state index is 13.3. The summed E-state index contributed by atoms with van der Waals surface area (Å²) >= 11 is 0. The Balaban J connectivity index is 1.45. The van der Waals surface area contributed by atoms with Gasteiger partial charge in [0.2, 0.25) is 5.95 Å². The van der Waals surface area contributed by atoms with Gasteiger partial charge >= 0.3 is 0 Å². The fourth-order valence-corrected chi connectivity index (χ4v) is 5.10. The van der Waals surface area contributed by atoms with Gasteiger partial charge in [-0.05, 0) is 69.7 Å². The van der Waals surface area contributed by atoms with E-state index in [1.54, 1.807) is 6.20 Å². The highest BCUT2D eigenvalue weighted by Gasteiger charge is 2.23. The third-order valence-electron chi connectivity index (χ3n) is 6.85. The molecule has 0 saturated carbocycles. The molecule has 1 saturated heterocycles. The van der Waals surface area contributed by atoms with Crippen molar-refractivity contribution in [1.82, 2.24) is 19.4 Å². The number of anilines is 1. The summed E-state index contributed by atoms with van der Waals surface area (Å²) in [6, 6.07) is 13.3. The van der Waals surface area contributed by atoms with Gasteiger partial charge in [0.1, 0.15) is 0 Å². The molecule has 0 aliphatic carbocycles. The Labute approximate surface area is 190 Å².